The van der Waals surface area contributed by atoms with Gasteiger partial charge in [0.15, 0.2) is 11.7 Å². The van der Waals surface area contributed by atoms with Gasteiger partial charge in [0.2, 0.25) is 0 Å². The molecular formula is C17H25IN4O2. The molecule has 0 aliphatic heterocycles. The molecule has 2 aromatic rings. The zero-order valence-corrected chi connectivity index (χ0v) is 16.6. The first-order valence-corrected chi connectivity index (χ1v) is 7.77. The number of nitrogens with one attached hydrogen (secondary N) is 2. The van der Waals surface area contributed by atoms with Crippen LogP contribution in [0.25, 0.3) is 0 Å². The van der Waals surface area contributed by atoms with Crippen LogP contribution in [-0.4, -0.2) is 31.3 Å². The summed E-state index contributed by atoms with van der Waals surface area (Å²) in [5.74, 6) is 2.71. The van der Waals surface area contributed by atoms with Gasteiger partial charge >= 0.3 is 0 Å². The van der Waals surface area contributed by atoms with Crippen LogP contribution < -0.4 is 15.4 Å². The maximum atomic E-state index is 5.62. The van der Waals surface area contributed by atoms with Crippen molar-refractivity contribution >= 4 is 29.9 Å². The second-order valence-electron chi connectivity index (χ2n) is 5.39. The summed E-state index contributed by atoms with van der Waals surface area (Å²) in [6.45, 7) is 5.93. The largest absolute Gasteiger partial charge is 0.492 e. The van der Waals surface area contributed by atoms with Crippen LogP contribution in [0, 0.1) is 0 Å². The molecule has 24 heavy (non-hydrogen) atoms. The van der Waals surface area contributed by atoms with Crippen molar-refractivity contribution in [3.63, 3.8) is 0 Å². The predicted molar refractivity (Wildman–Crippen MR) is 106 cm³/mol. The van der Waals surface area contributed by atoms with E-state index in [1.165, 1.54) is 0 Å². The monoisotopic (exact) mass is 444 g/mol. The molecule has 1 aromatic carbocycles. The molecule has 0 fully saturated rings. The number of hydrogen-bond donors (Lipinski definition) is 2. The van der Waals surface area contributed by atoms with Crippen LogP contribution in [0.15, 0.2) is 45.9 Å². The predicted octanol–water partition coefficient (Wildman–Crippen LogP) is 3.16. The third-order valence-corrected chi connectivity index (χ3v) is 3.23. The number of rotatable bonds is 7. The van der Waals surface area contributed by atoms with Crippen molar-refractivity contribution in [2.24, 2.45) is 4.99 Å². The van der Waals surface area contributed by atoms with E-state index in [1.807, 2.05) is 36.4 Å². The van der Waals surface area contributed by atoms with Crippen molar-refractivity contribution in [3.05, 3.63) is 47.9 Å². The van der Waals surface area contributed by atoms with Crippen LogP contribution in [0.1, 0.15) is 31.2 Å². The topological polar surface area (TPSA) is 71.7 Å². The highest BCUT2D eigenvalue weighted by molar-refractivity contribution is 14.0. The lowest BCUT2D eigenvalue weighted by Gasteiger charge is -2.11. The lowest BCUT2D eigenvalue weighted by Crippen LogP contribution is -2.38. The van der Waals surface area contributed by atoms with Gasteiger partial charge in [0.25, 0.3) is 0 Å². The van der Waals surface area contributed by atoms with Crippen LogP contribution in [0.2, 0.25) is 0 Å². The Kier molecular flexibility index (Phi) is 9.21. The minimum absolute atomic E-state index is 0. The van der Waals surface area contributed by atoms with Gasteiger partial charge in [0.1, 0.15) is 12.4 Å². The van der Waals surface area contributed by atoms with Gasteiger partial charge in [0, 0.05) is 13.1 Å². The van der Waals surface area contributed by atoms with E-state index in [4.69, 9.17) is 9.26 Å². The summed E-state index contributed by atoms with van der Waals surface area (Å²) in [6, 6.07) is 11.7. The van der Waals surface area contributed by atoms with Crippen molar-refractivity contribution < 1.29 is 9.26 Å². The number of ether oxygens (including phenoxy) is 1. The Morgan fingerprint density at radius 1 is 1.25 bits per heavy atom. The van der Waals surface area contributed by atoms with E-state index in [9.17, 15) is 0 Å². The molecule has 0 radical (unpaired) electrons. The summed E-state index contributed by atoms with van der Waals surface area (Å²) in [4.78, 5) is 4.17. The Hall–Kier alpha value is -1.77. The van der Waals surface area contributed by atoms with Crippen LogP contribution >= 0.6 is 24.0 Å². The highest BCUT2D eigenvalue weighted by atomic mass is 127. The van der Waals surface area contributed by atoms with Gasteiger partial charge < -0.3 is 19.9 Å². The molecule has 0 unspecified atom stereocenters. The molecule has 6 nitrogen and oxygen atoms in total. The minimum Gasteiger partial charge on any atom is -0.492 e. The van der Waals surface area contributed by atoms with Gasteiger partial charge in [-0.25, -0.2) is 0 Å². The van der Waals surface area contributed by atoms with E-state index < -0.39 is 0 Å². The number of halogens is 1. The molecular weight excluding hydrogens is 419 g/mol. The molecule has 0 amide bonds. The Labute approximate surface area is 160 Å². The SMILES string of the molecule is CN=C(NCCOc1ccccc1)NCc1cc(C(C)C)no1.I. The molecule has 0 atom stereocenters. The second-order valence-corrected chi connectivity index (χ2v) is 5.39. The molecule has 0 aliphatic carbocycles. The van der Waals surface area contributed by atoms with E-state index in [2.05, 4.69) is 34.6 Å². The van der Waals surface area contributed by atoms with Gasteiger partial charge in [-0.1, -0.05) is 37.2 Å². The summed E-state index contributed by atoms with van der Waals surface area (Å²) in [6.07, 6.45) is 0. The van der Waals surface area contributed by atoms with E-state index in [0.717, 1.165) is 17.2 Å². The lowest BCUT2D eigenvalue weighted by atomic mass is 10.1. The van der Waals surface area contributed by atoms with Crippen LogP contribution in [-0.2, 0) is 6.54 Å². The zero-order chi connectivity index (χ0) is 16.5. The maximum absolute atomic E-state index is 5.62. The molecule has 132 valence electrons. The van der Waals surface area contributed by atoms with Crippen molar-refractivity contribution in [2.45, 2.75) is 26.3 Å². The van der Waals surface area contributed by atoms with Crippen molar-refractivity contribution in [3.8, 4) is 5.75 Å². The number of guanidine groups is 1. The molecule has 2 rings (SSSR count). The average molecular weight is 444 g/mol. The average Bonchev–Trinajstić information content (AvgIpc) is 3.04. The summed E-state index contributed by atoms with van der Waals surface area (Å²) in [5, 5.41) is 10.4. The van der Waals surface area contributed by atoms with Gasteiger partial charge in [0.05, 0.1) is 18.8 Å². The number of aliphatic imine (C=N–C) groups is 1. The summed E-state index contributed by atoms with van der Waals surface area (Å²) < 4.78 is 10.9. The summed E-state index contributed by atoms with van der Waals surface area (Å²) in [5.41, 5.74) is 0.959. The van der Waals surface area contributed by atoms with Crippen molar-refractivity contribution in [1.29, 1.82) is 0 Å². The molecule has 0 saturated heterocycles. The standard InChI is InChI=1S/C17H24N4O2.HI/c1-13(2)16-11-15(23-21-16)12-20-17(18-3)19-9-10-22-14-7-5-4-6-8-14;/h4-8,11,13H,9-10,12H2,1-3H3,(H2,18,19,20);1H. The molecule has 1 aromatic heterocycles. The van der Waals surface area contributed by atoms with E-state index >= 15 is 0 Å². The first kappa shape index (κ1) is 20.3. The van der Waals surface area contributed by atoms with Crippen LogP contribution in [0.3, 0.4) is 0 Å². The van der Waals surface area contributed by atoms with Gasteiger partial charge in [-0.3, -0.25) is 4.99 Å². The fourth-order valence-corrected chi connectivity index (χ4v) is 1.93. The molecule has 0 spiro atoms. The number of para-hydroxylation sites is 1. The van der Waals surface area contributed by atoms with E-state index in [1.54, 1.807) is 7.05 Å². The second kappa shape index (κ2) is 10.9. The smallest absolute Gasteiger partial charge is 0.191 e. The lowest BCUT2D eigenvalue weighted by molar-refractivity contribution is 0.321. The number of hydrogen-bond acceptors (Lipinski definition) is 4. The highest BCUT2D eigenvalue weighted by Gasteiger charge is 2.08. The third-order valence-electron chi connectivity index (χ3n) is 3.23. The molecule has 7 heteroatoms. The minimum atomic E-state index is 0. The Bertz CT molecular complexity index is 614. The normalized spacial score (nSPS) is 11.1. The Balaban J connectivity index is 0.00000288. The molecule has 0 bridgehead atoms. The Morgan fingerprint density at radius 3 is 2.62 bits per heavy atom. The van der Waals surface area contributed by atoms with Gasteiger partial charge in [-0.05, 0) is 18.1 Å². The first-order valence-electron chi connectivity index (χ1n) is 7.77. The zero-order valence-electron chi connectivity index (χ0n) is 14.3. The molecule has 0 aliphatic rings. The molecule has 1 heterocycles. The van der Waals surface area contributed by atoms with E-state index in [0.29, 0.717) is 31.6 Å². The molecule has 0 saturated carbocycles. The summed E-state index contributed by atoms with van der Waals surface area (Å²) >= 11 is 0. The number of benzene rings is 1. The maximum Gasteiger partial charge on any atom is 0.191 e. The van der Waals surface area contributed by atoms with Crippen LogP contribution in [0.4, 0.5) is 0 Å². The highest BCUT2D eigenvalue weighted by Crippen LogP contribution is 2.13. The van der Waals surface area contributed by atoms with Crippen molar-refractivity contribution in [1.82, 2.24) is 15.8 Å². The van der Waals surface area contributed by atoms with Crippen LogP contribution in [0.5, 0.6) is 5.75 Å². The number of nitrogens with zero attached hydrogens (tertiary/aromatic N) is 2. The molecule has 2 N–H and O–H groups in total. The third kappa shape index (κ3) is 6.77. The van der Waals surface area contributed by atoms with Gasteiger partial charge in [-0.2, -0.15) is 0 Å². The summed E-state index contributed by atoms with van der Waals surface area (Å²) in [7, 11) is 1.73. The Morgan fingerprint density at radius 2 is 2.00 bits per heavy atom. The number of aromatic nitrogens is 1. The van der Waals surface area contributed by atoms with E-state index in [-0.39, 0.29) is 24.0 Å². The fourth-order valence-electron chi connectivity index (χ4n) is 1.93. The fraction of sp³-hybridized carbons (Fsp3) is 0.412. The quantitative estimate of drug-likeness (QED) is 0.297. The van der Waals surface area contributed by atoms with Gasteiger partial charge in [-0.15, -0.1) is 24.0 Å². The first-order chi connectivity index (χ1) is 11.2. The van der Waals surface area contributed by atoms with Crippen molar-refractivity contribution in [2.75, 3.05) is 20.2 Å².